The lowest BCUT2D eigenvalue weighted by Gasteiger charge is -2.01. The zero-order chi connectivity index (χ0) is 23.7. The first kappa shape index (κ1) is 21.7. The van der Waals surface area contributed by atoms with E-state index in [4.69, 9.17) is 20.4 Å². The molecule has 5 nitrogen and oxygen atoms in total. The van der Waals surface area contributed by atoms with Crippen LogP contribution in [0, 0.1) is 13.8 Å². The summed E-state index contributed by atoms with van der Waals surface area (Å²) in [5.41, 5.74) is 5.87. The molecule has 0 aliphatic heterocycles. The van der Waals surface area contributed by atoms with Gasteiger partial charge in [-0.15, -0.1) is 0 Å². The van der Waals surface area contributed by atoms with E-state index >= 15 is 0 Å². The van der Waals surface area contributed by atoms with Crippen molar-refractivity contribution in [2.75, 3.05) is 5.32 Å². The minimum Gasteiger partial charge on any atom is -0.457 e. The molecule has 0 unspecified atom stereocenters. The molecule has 2 aromatic heterocycles. The number of fused-ring (bicyclic) bond motifs is 1. The van der Waals surface area contributed by atoms with Gasteiger partial charge in [0.15, 0.2) is 5.58 Å². The summed E-state index contributed by atoms with van der Waals surface area (Å²) in [4.78, 5) is 17.0. The molecule has 0 spiro atoms. The molecule has 1 N–H and O–H groups in total. The highest BCUT2D eigenvalue weighted by atomic mass is 35.5. The second-order valence-corrected chi connectivity index (χ2v) is 8.41. The van der Waals surface area contributed by atoms with Crippen LogP contribution in [0.1, 0.15) is 16.9 Å². The van der Waals surface area contributed by atoms with Gasteiger partial charge in [0.2, 0.25) is 11.8 Å². The van der Waals surface area contributed by atoms with Crippen molar-refractivity contribution >= 4 is 40.4 Å². The summed E-state index contributed by atoms with van der Waals surface area (Å²) in [6, 6.07) is 22.7. The topological polar surface area (TPSA) is 68.3 Å². The van der Waals surface area contributed by atoms with Gasteiger partial charge >= 0.3 is 0 Å². The Bertz CT molecular complexity index is 1540. The summed E-state index contributed by atoms with van der Waals surface area (Å²) >= 11 is 6.21. The van der Waals surface area contributed by atoms with E-state index in [1.54, 1.807) is 30.3 Å². The van der Waals surface area contributed by atoms with Crippen LogP contribution >= 0.6 is 11.6 Å². The smallest absolute Gasteiger partial charge is 0.248 e. The van der Waals surface area contributed by atoms with Crippen LogP contribution in [-0.4, -0.2) is 10.9 Å². The first-order valence-corrected chi connectivity index (χ1v) is 11.2. The van der Waals surface area contributed by atoms with Crippen LogP contribution in [0.3, 0.4) is 0 Å². The van der Waals surface area contributed by atoms with Gasteiger partial charge in [0.25, 0.3) is 0 Å². The predicted octanol–water partition coefficient (Wildman–Crippen LogP) is 7.68. The average molecular weight is 469 g/mol. The van der Waals surface area contributed by atoms with Crippen LogP contribution in [0.15, 0.2) is 87.7 Å². The fourth-order valence-electron chi connectivity index (χ4n) is 3.62. The molecule has 0 saturated carbocycles. The normalized spacial score (nSPS) is 11.4. The van der Waals surface area contributed by atoms with Crippen LogP contribution in [-0.2, 0) is 4.79 Å². The second kappa shape index (κ2) is 9.04. The van der Waals surface area contributed by atoms with E-state index in [-0.39, 0.29) is 5.91 Å². The molecule has 0 aliphatic carbocycles. The number of carbonyl (C=O) groups is 1. The minimum absolute atomic E-state index is 0.279. The summed E-state index contributed by atoms with van der Waals surface area (Å²) in [7, 11) is 0. The molecule has 5 rings (SSSR count). The van der Waals surface area contributed by atoms with E-state index in [2.05, 4.69) is 10.3 Å². The fourth-order valence-corrected chi connectivity index (χ4v) is 3.80. The van der Waals surface area contributed by atoms with Crippen LogP contribution in [0.5, 0.6) is 0 Å². The number of aromatic nitrogens is 1. The zero-order valence-electron chi connectivity index (χ0n) is 18.6. The molecule has 0 aliphatic rings. The van der Waals surface area contributed by atoms with Crippen LogP contribution in [0.4, 0.5) is 5.69 Å². The van der Waals surface area contributed by atoms with Gasteiger partial charge in [0, 0.05) is 27.9 Å². The van der Waals surface area contributed by atoms with Crippen molar-refractivity contribution in [1.29, 1.82) is 0 Å². The molecule has 0 radical (unpaired) electrons. The van der Waals surface area contributed by atoms with Crippen LogP contribution in [0.25, 0.3) is 40.0 Å². The van der Waals surface area contributed by atoms with Crippen LogP contribution < -0.4 is 5.32 Å². The minimum atomic E-state index is -0.279. The van der Waals surface area contributed by atoms with E-state index < -0.39 is 0 Å². The van der Waals surface area contributed by atoms with Crippen molar-refractivity contribution in [3.63, 3.8) is 0 Å². The lowest BCUT2D eigenvalue weighted by Crippen LogP contribution is -2.07. The van der Waals surface area contributed by atoms with Crippen molar-refractivity contribution < 1.29 is 13.6 Å². The van der Waals surface area contributed by atoms with Crippen molar-refractivity contribution in [1.82, 2.24) is 4.98 Å². The molecule has 1 amide bonds. The maximum atomic E-state index is 12.5. The molecular weight excluding hydrogens is 448 g/mol. The molecule has 0 atom stereocenters. The van der Waals surface area contributed by atoms with Crippen molar-refractivity contribution in [3.8, 4) is 22.8 Å². The Labute approximate surface area is 201 Å². The number of rotatable bonds is 5. The first-order valence-electron chi connectivity index (χ1n) is 10.8. The molecule has 0 bridgehead atoms. The number of anilines is 1. The molecule has 0 fully saturated rings. The number of amides is 1. The SMILES string of the molecule is Cc1ccc(-c2ccc(C=CC(=O)Nc3ccc4oc(-c5ccccc5C)nc4c3)o2)cc1Cl. The Balaban J connectivity index is 1.29. The summed E-state index contributed by atoms with van der Waals surface area (Å²) in [6.07, 6.45) is 3.05. The monoisotopic (exact) mass is 468 g/mol. The van der Waals surface area contributed by atoms with E-state index in [9.17, 15) is 4.79 Å². The molecular formula is C28H21ClN2O3. The van der Waals surface area contributed by atoms with Gasteiger partial charge in [-0.3, -0.25) is 4.79 Å². The number of oxazole rings is 1. The average Bonchev–Trinajstić information content (AvgIpc) is 3.47. The lowest BCUT2D eigenvalue weighted by molar-refractivity contribution is -0.111. The molecule has 168 valence electrons. The summed E-state index contributed by atoms with van der Waals surface area (Å²) in [5.74, 6) is 1.53. The third-order valence-electron chi connectivity index (χ3n) is 5.51. The van der Waals surface area contributed by atoms with E-state index in [0.29, 0.717) is 39.2 Å². The molecule has 5 aromatic rings. The van der Waals surface area contributed by atoms with Gasteiger partial charge in [0.05, 0.1) is 0 Å². The third kappa shape index (κ3) is 4.51. The fraction of sp³-hybridized carbons (Fsp3) is 0.0714. The van der Waals surface area contributed by atoms with E-state index in [1.165, 1.54) is 6.08 Å². The highest BCUT2D eigenvalue weighted by Crippen LogP contribution is 2.29. The zero-order valence-corrected chi connectivity index (χ0v) is 19.4. The number of carbonyl (C=O) groups excluding carboxylic acids is 1. The lowest BCUT2D eigenvalue weighted by atomic mass is 10.1. The number of nitrogens with one attached hydrogen (secondary N) is 1. The number of furan rings is 1. The second-order valence-electron chi connectivity index (χ2n) is 8.01. The maximum absolute atomic E-state index is 12.5. The van der Waals surface area contributed by atoms with Gasteiger partial charge < -0.3 is 14.2 Å². The van der Waals surface area contributed by atoms with Gasteiger partial charge in [0.1, 0.15) is 17.0 Å². The largest absolute Gasteiger partial charge is 0.457 e. The highest BCUT2D eigenvalue weighted by Gasteiger charge is 2.11. The number of halogens is 1. The Morgan fingerprint density at radius 3 is 2.62 bits per heavy atom. The van der Waals surface area contributed by atoms with Crippen LogP contribution in [0.2, 0.25) is 5.02 Å². The Hall–Kier alpha value is -4.09. The maximum Gasteiger partial charge on any atom is 0.248 e. The van der Waals surface area contributed by atoms with Gasteiger partial charge in [-0.1, -0.05) is 41.9 Å². The van der Waals surface area contributed by atoms with Crippen molar-refractivity contribution in [3.05, 3.63) is 101 Å². The van der Waals surface area contributed by atoms with Gasteiger partial charge in [-0.25, -0.2) is 4.98 Å². The summed E-state index contributed by atoms with van der Waals surface area (Å²) in [6.45, 7) is 3.96. The molecule has 34 heavy (non-hydrogen) atoms. The van der Waals surface area contributed by atoms with Crippen molar-refractivity contribution in [2.24, 2.45) is 0 Å². The molecule has 0 saturated heterocycles. The molecule has 2 heterocycles. The third-order valence-corrected chi connectivity index (χ3v) is 5.92. The molecule has 6 heteroatoms. The first-order chi connectivity index (χ1) is 16.5. The number of benzene rings is 3. The standard InChI is InChI=1S/C28H21ClN2O3/c1-17-5-3-4-6-22(17)28-31-24-16-20(9-12-26(24)34-28)30-27(32)14-11-21-10-13-25(33-21)19-8-7-18(2)23(29)15-19/h3-16H,1-2H3,(H,30,32). The predicted molar refractivity (Wildman–Crippen MR) is 136 cm³/mol. The number of aryl methyl sites for hydroxylation is 2. The van der Waals surface area contributed by atoms with Gasteiger partial charge in [-0.2, -0.15) is 0 Å². The Morgan fingerprint density at radius 1 is 0.941 bits per heavy atom. The summed E-state index contributed by atoms with van der Waals surface area (Å²) < 4.78 is 11.7. The number of hydrogen-bond donors (Lipinski definition) is 1. The molecule has 3 aromatic carbocycles. The van der Waals surface area contributed by atoms with E-state index in [1.807, 2.05) is 62.4 Å². The Morgan fingerprint density at radius 2 is 1.79 bits per heavy atom. The van der Waals surface area contributed by atoms with E-state index in [0.717, 1.165) is 22.3 Å². The number of nitrogens with zero attached hydrogens (tertiary/aromatic N) is 1. The Kier molecular flexibility index (Phi) is 5.78. The summed E-state index contributed by atoms with van der Waals surface area (Å²) in [5, 5.41) is 3.53. The highest BCUT2D eigenvalue weighted by molar-refractivity contribution is 6.31. The number of hydrogen-bond acceptors (Lipinski definition) is 4. The van der Waals surface area contributed by atoms with Crippen molar-refractivity contribution in [2.45, 2.75) is 13.8 Å². The quantitative estimate of drug-likeness (QED) is 0.268. The van der Waals surface area contributed by atoms with Gasteiger partial charge in [-0.05, 0) is 73.5 Å².